The highest BCUT2D eigenvalue weighted by molar-refractivity contribution is 5.79. The molecule has 1 aliphatic carbocycles. The van der Waals surface area contributed by atoms with Crippen LogP contribution in [0.15, 0.2) is 18.2 Å². The van der Waals surface area contributed by atoms with Gasteiger partial charge in [-0.15, -0.1) is 0 Å². The molecule has 1 saturated heterocycles. The first-order valence-corrected chi connectivity index (χ1v) is 9.32. The molecule has 1 N–H and O–H groups in total. The second kappa shape index (κ2) is 8.48. The van der Waals surface area contributed by atoms with Crippen LogP contribution in [0.2, 0.25) is 0 Å². The number of amides is 2. The van der Waals surface area contributed by atoms with Gasteiger partial charge in [-0.05, 0) is 48.8 Å². The number of benzene rings is 1. The Labute approximate surface area is 149 Å². The predicted molar refractivity (Wildman–Crippen MR) is 96.4 cm³/mol. The van der Waals surface area contributed by atoms with Crippen molar-refractivity contribution in [2.45, 2.75) is 51.0 Å². The summed E-state index contributed by atoms with van der Waals surface area (Å²) in [7, 11) is 1.61. The van der Waals surface area contributed by atoms with Crippen LogP contribution in [0.3, 0.4) is 0 Å². The van der Waals surface area contributed by atoms with Gasteiger partial charge >= 0.3 is 0 Å². The van der Waals surface area contributed by atoms with Gasteiger partial charge < -0.3 is 15.0 Å². The van der Waals surface area contributed by atoms with Crippen LogP contribution < -0.4 is 5.32 Å². The van der Waals surface area contributed by atoms with E-state index < -0.39 is 0 Å². The minimum Gasteiger partial charge on any atom is -0.384 e. The Hall–Kier alpha value is -1.88. The van der Waals surface area contributed by atoms with Crippen molar-refractivity contribution in [1.29, 1.82) is 0 Å². The highest BCUT2D eigenvalue weighted by Gasteiger charge is 2.23. The van der Waals surface area contributed by atoms with Crippen LogP contribution in [0, 0.1) is 0 Å². The number of carbonyl (C=O) groups is 2. The average Bonchev–Trinajstić information content (AvgIpc) is 3.08. The first-order valence-electron chi connectivity index (χ1n) is 9.32. The molecule has 1 aromatic rings. The number of ether oxygens (including phenoxy) is 1. The van der Waals surface area contributed by atoms with E-state index in [9.17, 15) is 9.59 Å². The Balaban J connectivity index is 1.43. The molecule has 0 radical (unpaired) electrons. The fraction of sp³-hybridized carbons (Fsp3) is 0.600. The molecule has 5 nitrogen and oxygen atoms in total. The van der Waals surface area contributed by atoms with Gasteiger partial charge in [0.25, 0.3) is 0 Å². The maximum atomic E-state index is 12.3. The molecule has 0 saturated carbocycles. The molecule has 0 bridgehead atoms. The molecule has 136 valence electrons. The third kappa shape index (κ3) is 4.82. The summed E-state index contributed by atoms with van der Waals surface area (Å²) in [6, 6.07) is 6.63. The number of fused-ring (bicyclic) bond motifs is 1. The zero-order valence-corrected chi connectivity index (χ0v) is 15.1. The van der Waals surface area contributed by atoms with Gasteiger partial charge in [-0.25, -0.2) is 0 Å². The molecular weight excluding hydrogens is 316 g/mol. The number of methoxy groups -OCH3 is 1. The van der Waals surface area contributed by atoms with E-state index in [0.717, 1.165) is 24.8 Å². The lowest BCUT2D eigenvalue weighted by atomic mass is 10.0. The lowest BCUT2D eigenvalue weighted by molar-refractivity contribution is -0.133. The van der Waals surface area contributed by atoms with Crippen LogP contribution in [-0.2, 0) is 33.6 Å². The quantitative estimate of drug-likeness (QED) is 0.857. The summed E-state index contributed by atoms with van der Waals surface area (Å²) < 4.78 is 4.96. The Morgan fingerprint density at radius 1 is 1.20 bits per heavy atom. The summed E-state index contributed by atoms with van der Waals surface area (Å²) in [5.41, 5.74) is 3.95. The number of hydrogen-bond donors (Lipinski definition) is 1. The second-order valence-electron chi connectivity index (χ2n) is 7.10. The van der Waals surface area contributed by atoms with Crippen molar-refractivity contribution < 1.29 is 14.3 Å². The number of carbonyl (C=O) groups excluding carboxylic acids is 2. The summed E-state index contributed by atoms with van der Waals surface area (Å²) in [5, 5.41) is 3.14. The Morgan fingerprint density at radius 3 is 2.72 bits per heavy atom. The number of likely N-dealkylation sites (tertiary alicyclic amines) is 1. The largest absolute Gasteiger partial charge is 0.384 e. The monoisotopic (exact) mass is 344 g/mol. The normalized spacial score (nSPS) is 17.4. The first-order chi connectivity index (χ1) is 12.2. The summed E-state index contributed by atoms with van der Waals surface area (Å²) in [6.07, 6.45) is 6.08. The van der Waals surface area contributed by atoms with Crippen molar-refractivity contribution >= 4 is 11.8 Å². The smallest absolute Gasteiger partial charge is 0.224 e. The van der Waals surface area contributed by atoms with Gasteiger partial charge in [-0.2, -0.15) is 0 Å². The number of rotatable bonds is 6. The van der Waals surface area contributed by atoms with Gasteiger partial charge in [0.2, 0.25) is 11.8 Å². The highest BCUT2D eigenvalue weighted by Crippen LogP contribution is 2.23. The lowest BCUT2D eigenvalue weighted by Gasteiger charge is -2.32. The van der Waals surface area contributed by atoms with Gasteiger partial charge in [0, 0.05) is 26.2 Å². The summed E-state index contributed by atoms with van der Waals surface area (Å²) >= 11 is 0. The predicted octanol–water partition coefficient (Wildman–Crippen LogP) is 1.86. The third-order valence-electron chi connectivity index (χ3n) is 5.26. The van der Waals surface area contributed by atoms with Crippen molar-refractivity contribution in [3.63, 3.8) is 0 Å². The Bertz CT molecular complexity index is 621. The van der Waals surface area contributed by atoms with Crippen LogP contribution in [0.25, 0.3) is 0 Å². The SMILES string of the molecule is COCCC(=O)N1CCC(NC(=O)Cc2ccc3c(c2)CCC3)CC1. The fourth-order valence-corrected chi connectivity index (χ4v) is 3.82. The molecule has 1 aliphatic heterocycles. The highest BCUT2D eigenvalue weighted by atomic mass is 16.5. The molecule has 5 heteroatoms. The Kier molecular flexibility index (Phi) is 6.08. The minimum absolute atomic E-state index is 0.0853. The van der Waals surface area contributed by atoms with E-state index in [1.54, 1.807) is 7.11 Å². The molecule has 2 aliphatic rings. The van der Waals surface area contributed by atoms with Crippen molar-refractivity contribution in [2.24, 2.45) is 0 Å². The Morgan fingerprint density at radius 2 is 1.96 bits per heavy atom. The van der Waals surface area contributed by atoms with Crippen LogP contribution >= 0.6 is 0 Å². The number of aryl methyl sites for hydroxylation is 2. The van der Waals surface area contributed by atoms with E-state index in [2.05, 4.69) is 23.5 Å². The zero-order valence-electron chi connectivity index (χ0n) is 15.1. The minimum atomic E-state index is 0.0853. The van der Waals surface area contributed by atoms with E-state index >= 15 is 0 Å². The topological polar surface area (TPSA) is 58.6 Å². The van der Waals surface area contributed by atoms with Crippen molar-refractivity contribution in [3.05, 3.63) is 34.9 Å². The van der Waals surface area contributed by atoms with Gasteiger partial charge in [-0.1, -0.05) is 18.2 Å². The molecular formula is C20H28N2O3. The van der Waals surface area contributed by atoms with Gasteiger partial charge in [0.05, 0.1) is 19.4 Å². The summed E-state index contributed by atoms with van der Waals surface area (Å²) in [6.45, 7) is 1.90. The molecule has 1 fully saturated rings. The van der Waals surface area contributed by atoms with Gasteiger partial charge in [-0.3, -0.25) is 9.59 Å². The number of nitrogens with one attached hydrogen (secondary N) is 1. The van der Waals surface area contributed by atoms with Crippen LogP contribution in [0.5, 0.6) is 0 Å². The van der Waals surface area contributed by atoms with Crippen LogP contribution in [0.4, 0.5) is 0 Å². The fourth-order valence-electron chi connectivity index (χ4n) is 3.82. The van der Waals surface area contributed by atoms with E-state index in [0.29, 0.717) is 32.5 Å². The van der Waals surface area contributed by atoms with Crippen LogP contribution in [0.1, 0.15) is 42.4 Å². The summed E-state index contributed by atoms with van der Waals surface area (Å²) in [4.78, 5) is 26.2. The molecule has 25 heavy (non-hydrogen) atoms. The van der Waals surface area contributed by atoms with Gasteiger partial charge in [0.1, 0.15) is 0 Å². The maximum Gasteiger partial charge on any atom is 0.224 e. The molecule has 0 unspecified atom stereocenters. The van der Waals surface area contributed by atoms with E-state index in [1.807, 2.05) is 4.90 Å². The standard InChI is InChI=1S/C20H28N2O3/c1-25-12-9-20(24)22-10-7-18(8-11-22)21-19(23)14-15-5-6-16-3-2-4-17(16)13-15/h5-6,13,18H,2-4,7-12,14H2,1H3,(H,21,23). The van der Waals surface area contributed by atoms with E-state index in [4.69, 9.17) is 4.74 Å². The number of piperidine rings is 1. The van der Waals surface area contributed by atoms with Crippen molar-refractivity contribution in [3.8, 4) is 0 Å². The van der Waals surface area contributed by atoms with Crippen molar-refractivity contribution in [2.75, 3.05) is 26.8 Å². The average molecular weight is 344 g/mol. The second-order valence-corrected chi connectivity index (χ2v) is 7.10. The number of nitrogens with zero attached hydrogens (tertiary/aromatic N) is 1. The van der Waals surface area contributed by atoms with Crippen molar-refractivity contribution in [1.82, 2.24) is 10.2 Å². The molecule has 0 atom stereocenters. The van der Waals surface area contributed by atoms with E-state index in [-0.39, 0.29) is 17.9 Å². The third-order valence-corrected chi connectivity index (χ3v) is 5.26. The molecule has 2 amide bonds. The van der Waals surface area contributed by atoms with E-state index in [1.165, 1.54) is 24.0 Å². The van der Waals surface area contributed by atoms with Gasteiger partial charge in [0.15, 0.2) is 0 Å². The summed E-state index contributed by atoms with van der Waals surface area (Å²) in [5.74, 6) is 0.229. The zero-order chi connectivity index (χ0) is 17.6. The van der Waals surface area contributed by atoms with Crippen LogP contribution in [-0.4, -0.2) is 49.6 Å². The molecule has 1 aromatic carbocycles. The maximum absolute atomic E-state index is 12.3. The molecule has 0 spiro atoms. The lowest BCUT2D eigenvalue weighted by Crippen LogP contribution is -2.47. The molecule has 3 rings (SSSR count). The molecule has 1 heterocycles. The first kappa shape index (κ1) is 17.9. The molecule has 0 aromatic heterocycles. The number of hydrogen-bond acceptors (Lipinski definition) is 3.